The molecular formula is C18H21N5O. The van der Waals surface area contributed by atoms with Crippen LogP contribution in [0.1, 0.15) is 10.4 Å². The van der Waals surface area contributed by atoms with Crippen LogP contribution in [0.4, 0.5) is 0 Å². The van der Waals surface area contributed by atoms with Crippen molar-refractivity contribution in [3.8, 4) is 6.07 Å². The van der Waals surface area contributed by atoms with Crippen LogP contribution >= 0.6 is 0 Å². The molecule has 1 N–H and O–H groups in total. The van der Waals surface area contributed by atoms with Crippen molar-refractivity contribution in [1.82, 2.24) is 15.1 Å². The normalized spacial score (nSPS) is 24.5. The molecule has 0 spiro atoms. The van der Waals surface area contributed by atoms with Crippen molar-refractivity contribution < 1.29 is 4.79 Å². The molecule has 1 saturated heterocycles. The first-order valence-electron chi connectivity index (χ1n) is 8.13. The fraction of sp³-hybridized carbons (Fsp3) is 0.389. The monoisotopic (exact) mass is 323 g/mol. The second-order valence-electron chi connectivity index (χ2n) is 6.02. The van der Waals surface area contributed by atoms with Crippen LogP contribution < -0.4 is 5.32 Å². The Labute approximate surface area is 142 Å². The minimum absolute atomic E-state index is 0.0592. The van der Waals surface area contributed by atoms with E-state index in [9.17, 15) is 10.1 Å². The topological polar surface area (TPSA) is 71.7 Å². The Balaban J connectivity index is 1.49. The quantitative estimate of drug-likeness (QED) is 0.893. The molecule has 24 heavy (non-hydrogen) atoms. The van der Waals surface area contributed by atoms with Crippen molar-refractivity contribution in [3.05, 3.63) is 48.0 Å². The zero-order chi connectivity index (χ0) is 16.8. The maximum atomic E-state index is 12.1. The summed E-state index contributed by atoms with van der Waals surface area (Å²) in [6.45, 7) is 4.22. The number of amides is 1. The van der Waals surface area contributed by atoms with Crippen molar-refractivity contribution >= 4 is 12.1 Å². The average Bonchev–Trinajstić information content (AvgIpc) is 2.67. The molecule has 0 radical (unpaired) electrons. The standard InChI is InChI=1S/C18H21N5O/c19-13-18(7-4-8-20-14-18)23-11-9-22(10-12-23)15-21-17(24)16-5-2-1-3-6-16/h1-8H,9-12,14-15H2,(H,21,24). The van der Waals surface area contributed by atoms with Crippen LogP contribution in [0.15, 0.2) is 47.5 Å². The van der Waals surface area contributed by atoms with Crippen molar-refractivity contribution in [2.45, 2.75) is 5.54 Å². The molecule has 124 valence electrons. The summed E-state index contributed by atoms with van der Waals surface area (Å²) in [5.74, 6) is -0.0592. The van der Waals surface area contributed by atoms with Gasteiger partial charge < -0.3 is 5.32 Å². The van der Waals surface area contributed by atoms with Gasteiger partial charge in [-0.25, -0.2) is 0 Å². The van der Waals surface area contributed by atoms with Crippen LogP contribution in [0.25, 0.3) is 0 Å². The molecule has 1 amide bonds. The van der Waals surface area contributed by atoms with Gasteiger partial charge in [0.1, 0.15) is 5.54 Å². The van der Waals surface area contributed by atoms with Crippen LogP contribution in [0.5, 0.6) is 0 Å². The highest BCUT2D eigenvalue weighted by molar-refractivity contribution is 5.94. The summed E-state index contributed by atoms with van der Waals surface area (Å²) in [4.78, 5) is 20.7. The number of carbonyl (C=O) groups is 1. The van der Waals surface area contributed by atoms with Crippen LogP contribution in [0, 0.1) is 11.3 Å². The molecule has 1 aromatic rings. The Morgan fingerprint density at radius 3 is 2.62 bits per heavy atom. The van der Waals surface area contributed by atoms with E-state index in [0.29, 0.717) is 18.8 Å². The third kappa shape index (κ3) is 3.53. The number of allylic oxidation sites excluding steroid dienone is 1. The zero-order valence-corrected chi connectivity index (χ0v) is 13.6. The van der Waals surface area contributed by atoms with E-state index in [-0.39, 0.29) is 5.91 Å². The molecule has 1 aromatic carbocycles. The lowest BCUT2D eigenvalue weighted by molar-refractivity contribution is 0.0745. The molecule has 1 fully saturated rings. The molecule has 2 heterocycles. The van der Waals surface area contributed by atoms with E-state index in [1.807, 2.05) is 30.4 Å². The minimum atomic E-state index is -0.617. The fourth-order valence-electron chi connectivity index (χ4n) is 3.04. The molecule has 3 rings (SSSR count). The second kappa shape index (κ2) is 7.39. The number of hydrogen-bond acceptors (Lipinski definition) is 5. The van der Waals surface area contributed by atoms with Gasteiger partial charge in [0.2, 0.25) is 0 Å². The molecule has 0 aliphatic carbocycles. The summed E-state index contributed by atoms with van der Waals surface area (Å²) in [5, 5.41) is 12.5. The molecule has 1 unspecified atom stereocenters. The van der Waals surface area contributed by atoms with Gasteiger partial charge in [-0.2, -0.15) is 5.26 Å². The maximum Gasteiger partial charge on any atom is 0.252 e. The van der Waals surface area contributed by atoms with Gasteiger partial charge in [0.25, 0.3) is 5.91 Å². The summed E-state index contributed by atoms with van der Waals surface area (Å²) in [7, 11) is 0. The number of carbonyl (C=O) groups excluding carboxylic acids is 1. The Morgan fingerprint density at radius 1 is 1.25 bits per heavy atom. The second-order valence-corrected chi connectivity index (χ2v) is 6.02. The Hall–Kier alpha value is -2.49. The lowest BCUT2D eigenvalue weighted by Gasteiger charge is -2.42. The lowest BCUT2D eigenvalue weighted by Crippen LogP contribution is -2.58. The van der Waals surface area contributed by atoms with Gasteiger partial charge in [-0.1, -0.05) is 18.2 Å². The van der Waals surface area contributed by atoms with E-state index in [1.54, 1.807) is 18.3 Å². The largest absolute Gasteiger partial charge is 0.339 e. The number of nitriles is 1. The number of piperazine rings is 1. The van der Waals surface area contributed by atoms with Crippen LogP contribution in [0.3, 0.4) is 0 Å². The minimum Gasteiger partial charge on any atom is -0.339 e. The van der Waals surface area contributed by atoms with Gasteiger partial charge >= 0.3 is 0 Å². The summed E-state index contributed by atoms with van der Waals surface area (Å²) in [6, 6.07) is 11.6. The number of benzene rings is 1. The third-order valence-corrected chi connectivity index (χ3v) is 4.53. The van der Waals surface area contributed by atoms with Crippen molar-refractivity contribution in [1.29, 1.82) is 5.26 Å². The highest BCUT2D eigenvalue weighted by Crippen LogP contribution is 2.21. The van der Waals surface area contributed by atoms with Gasteiger partial charge in [-0.15, -0.1) is 0 Å². The van der Waals surface area contributed by atoms with Gasteiger partial charge in [0, 0.05) is 38.0 Å². The van der Waals surface area contributed by atoms with Crippen LogP contribution in [-0.2, 0) is 0 Å². The number of nitrogens with one attached hydrogen (secondary N) is 1. The smallest absolute Gasteiger partial charge is 0.252 e. The van der Waals surface area contributed by atoms with E-state index >= 15 is 0 Å². The number of nitrogens with zero attached hydrogens (tertiary/aromatic N) is 4. The predicted octanol–water partition coefficient (Wildman–Crippen LogP) is 0.894. The average molecular weight is 323 g/mol. The van der Waals surface area contributed by atoms with Crippen molar-refractivity contribution in [2.24, 2.45) is 4.99 Å². The first kappa shape index (κ1) is 16.4. The van der Waals surface area contributed by atoms with E-state index in [2.05, 4.69) is 26.2 Å². The maximum absolute atomic E-state index is 12.1. The highest BCUT2D eigenvalue weighted by atomic mass is 16.1. The Bertz CT molecular complexity index is 670. The molecule has 2 aliphatic rings. The Kier molecular flexibility index (Phi) is 5.04. The van der Waals surface area contributed by atoms with E-state index in [4.69, 9.17) is 0 Å². The molecule has 0 saturated carbocycles. The fourth-order valence-corrected chi connectivity index (χ4v) is 3.04. The molecule has 6 heteroatoms. The van der Waals surface area contributed by atoms with Crippen LogP contribution in [0.2, 0.25) is 0 Å². The molecular weight excluding hydrogens is 302 g/mol. The Morgan fingerprint density at radius 2 is 2.00 bits per heavy atom. The molecule has 1 atom stereocenters. The third-order valence-electron chi connectivity index (χ3n) is 4.53. The van der Waals surface area contributed by atoms with E-state index < -0.39 is 5.54 Å². The van der Waals surface area contributed by atoms with Gasteiger partial charge in [0.15, 0.2) is 0 Å². The van der Waals surface area contributed by atoms with Gasteiger partial charge in [-0.05, 0) is 24.3 Å². The molecule has 2 aliphatic heterocycles. The van der Waals surface area contributed by atoms with E-state index in [0.717, 1.165) is 26.2 Å². The summed E-state index contributed by atoms with van der Waals surface area (Å²) >= 11 is 0. The van der Waals surface area contributed by atoms with Gasteiger partial charge in [-0.3, -0.25) is 19.6 Å². The SMILES string of the molecule is N#CC1(N2CCN(CNC(=O)c3ccccc3)CC2)C=CC=NC1. The van der Waals surface area contributed by atoms with Gasteiger partial charge in [0.05, 0.1) is 19.3 Å². The number of rotatable bonds is 4. The van der Waals surface area contributed by atoms with Crippen molar-refractivity contribution in [2.75, 3.05) is 39.4 Å². The predicted molar refractivity (Wildman–Crippen MR) is 92.8 cm³/mol. The molecule has 0 aromatic heterocycles. The zero-order valence-electron chi connectivity index (χ0n) is 13.6. The molecule has 0 bridgehead atoms. The van der Waals surface area contributed by atoms with Crippen LogP contribution in [-0.4, -0.2) is 66.9 Å². The van der Waals surface area contributed by atoms with Crippen molar-refractivity contribution in [3.63, 3.8) is 0 Å². The first-order valence-corrected chi connectivity index (χ1v) is 8.13. The first-order chi connectivity index (χ1) is 11.7. The number of aliphatic imine (C=N–C) groups is 1. The summed E-state index contributed by atoms with van der Waals surface area (Å²) in [6.07, 6.45) is 5.52. The summed E-state index contributed by atoms with van der Waals surface area (Å²) < 4.78 is 0. The van der Waals surface area contributed by atoms with E-state index in [1.165, 1.54) is 0 Å². The number of dihydropyridines is 1. The highest BCUT2D eigenvalue weighted by Gasteiger charge is 2.37. The number of hydrogen-bond donors (Lipinski definition) is 1. The summed E-state index contributed by atoms with van der Waals surface area (Å²) in [5.41, 5.74) is 0.0541. The lowest BCUT2D eigenvalue weighted by atomic mass is 9.96. The molecule has 6 nitrogen and oxygen atoms in total.